The summed E-state index contributed by atoms with van der Waals surface area (Å²) in [5.41, 5.74) is 4.28. The van der Waals surface area contributed by atoms with Gasteiger partial charge in [0.1, 0.15) is 5.69 Å². The van der Waals surface area contributed by atoms with Gasteiger partial charge < -0.3 is 9.05 Å². The Bertz CT molecular complexity index is 973. The molecule has 0 radical (unpaired) electrons. The topological polar surface area (TPSA) is 77.8 Å². The number of hydrogen-bond acceptors (Lipinski definition) is 6. The molecule has 4 rings (SSSR count). The summed E-state index contributed by atoms with van der Waals surface area (Å²) in [6.45, 7) is 7.92. The smallest absolute Gasteiger partial charge is 0.297 e. The summed E-state index contributed by atoms with van der Waals surface area (Å²) >= 11 is 0. The van der Waals surface area contributed by atoms with Gasteiger partial charge in [-0.3, -0.25) is 4.98 Å². The molecule has 0 aliphatic carbocycles. The molecule has 26 heavy (non-hydrogen) atoms. The first-order chi connectivity index (χ1) is 12.7. The van der Waals surface area contributed by atoms with Crippen LogP contribution >= 0.6 is 0 Å². The zero-order valence-corrected chi connectivity index (χ0v) is 15.2. The number of pyridine rings is 1. The maximum absolute atomic E-state index is 5.42. The quantitative estimate of drug-likeness (QED) is 0.513. The Balaban J connectivity index is 0.000000948. The Labute approximate surface area is 151 Å². The number of hydrogen-bond donors (Lipinski definition) is 0. The average molecular weight is 348 g/mol. The van der Waals surface area contributed by atoms with Gasteiger partial charge in [0, 0.05) is 17.3 Å². The lowest BCUT2D eigenvalue weighted by molar-refractivity contribution is 0.386. The first-order valence-electron chi connectivity index (χ1n) is 8.51. The minimum atomic E-state index is 0.303. The van der Waals surface area contributed by atoms with Crippen molar-refractivity contribution >= 4 is 0 Å². The van der Waals surface area contributed by atoms with Crippen molar-refractivity contribution in [3.8, 4) is 34.4 Å². The zero-order chi connectivity index (χ0) is 18.5. The molecule has 132 valence electrons. The highest BCUT2D eigenvalue weighted by molar-refractivity contribution is 5.67. The molecular weight excluding hydrogens is 328 g/mol. The highest BCUT2D eigenvalue weighted by Crippen LogP contribution is 2.30. The predicted octanol–water partition coefficient (Wildman–Crippen LogP) is 5.10. The van der Waals surface area contributed by atoms with Crippen molar-refractivity contribution in [1.29, 1.82) is 0 Å². The van der Waals surface area contributed by atoms with Crippen LogP contribution in [0.25, 0.3) is 34.4 Å². The second-order valence-electron chi connectivity index (χ2n) is 5.49. The van der Waals surface area contributed by atoms with E-state index in [1.54, 1.807) is 6.20 Å². The fraction of sp³-hybridized carbons (Fsp3) is 0.200. The maximum Gasteiger partial charge on any atom is 0.297 e. The van der Waals surface area contributed by atoms with Gasteiger partial charge in [-0.05, 0) is 26.0 Å². The molecule has 6 nitrogen and oxygen atoms in total. The van der Waals surface area contributed by atoms with Crippen molar-refractivity contribution in [3.05, 3.63) is 59.8 Å². The molecule has 0 aliphatic heterocycles. The lowest BCUT2D eigenvalue weighted by atomic mass is 10.1. The zero-order valence-electron chi connectivity index (χ0n) is 15.2. The van der Waals surface area contributed by atoms with E-state index in [0.717, 1.165) is 16.8 Å². The summed E-state index contributed by atoms with van der Waals surface area (Å²) in [6, 6.07) is 13.5. The van der Waals surface area contributed by atoms with Gasteiger partial charge in [0.25, 0.3) is 5.89 Å². The Morgan fingerprint density at radius 1 is 0.846 bits per heavy atom. The normalized spacial score (nSPS) is 10.3. The van der Waals surface area contributed by atoms with Crippen molar-refractivity contribution in [1.82, 2.24) is 20.3 Å². The van der Waals surface area contributed by atoms with E-state index in [4.69, 9.17) is 9.05 Å². The number of rotatable bonds is 3. The van der Waals surface area contributed by atoms with Crippen LogP contribution in [0.5, 0.6) is 0 Å². The number of benzene rings is 1. The van der Waals surface area contributed by atoms with E-state index in [1.807, 2.05) is 70.2 Å². The molecule has 0 unspecified atom stereocenters. The van der Waals surface area contributed by atoms with Crippen molar-refractivity contribution in [2.75, 3.05) is 0 Å². The minimum Gasteiger partial charge on any atom is -0.350 e. The first kappa shape index (κ1) is 17.5. The standard InChI is InChI=1S/C18H14N4O2.C2H6/c1-11-6-8-13(9-7-11)17-20-18(24-22-17)16-12(2)15(21-23-16)14-5-3-4-10-19-14;1-2/h3-10H,1-2H3;1-2H3. The number of aromatic nitrogens is 4. The van der Waals surface area contributed by atoms with Crippen LogP contribution in [-0.2, 0) is 0 Å². The summed E-state index contributed by atoms with van der Waals surface area (Å²) in [4.78, 5) is 8.71. The minimum absolute atomic E-state index is 0.303. The summed E-state index contributed by atoms with van der Waals surface area (Å²) < 4.78 is 10.8. The van der Waals surface area contributed by atoms with Crippen molar-refractivity contribution < 1.29 is 9.05 Å². The molecule has 0 fully saturated rings. The Morgan fingerprint density at radius 3 is 2.31 bits per heavy atom. The summed E-state index contributed by atoms with van der Waals surface area (Å²) in [5, 5.41) is 8.12. The van der Waals surface area contributed by atoms with Gasteiger partial charge in [-0.25, -0.2) is 0 Å². The molecule has 3 heterocycles. The number of nitrogens with zero attached hydrogens (tertiary/aromatic N) is 4. The Kier molecular flexibility index (Phi) is 5.22. The van der Waals surface area contributed by atoms with Crippen LogP contribution in [0.15, 0.2) is 57.7 Å². The third-order valence-corrected chi connectivity index (χ3v) is 3.76. The van der Waals surface area contributed by atoms with Gasteiger partial charge in [0.05, 0.1) is 5.69 Å². The van der Waals surface area contributed by atoms with Gasteiger partial charge in [0.15, 0.2) is 0 Å². The van der Waals surface area contributed by atoms with Crippen LogP contribution < -0.4 is 0 Å². The molecule has 0 spiro atoms. The van der Waals surface area contributed by atoms with Gasteiger partial charge in [-0.15, -0.1) is 0 Å². The monoisotopic (exact) mass is 348 g/mol. The van der Waals surface area contributed by atoms with Crippen LogP contribution in [0.3, 0.4) is 0 Å². The van der Waals surface area contributed by atoms with E-state index in [2.05, 4.69) is 20.3 Å². The molecule has 3 aromatic heterocycles. The molecule has 0 aliphatic rings. The van der Waals surface area contributed by atoms with Crippen molar-refractivity contribution in [3.63, 3.8) is 0 Å². The predicted molar refractivity (Wildman–Crippen MR) is 99.3 cm³/mol. The van der Waals surface area contributed by atoms with Crippen molar-refractivity contribution in [2.45, 2.75) is 27.7 Å². The van der Waals surface area contributed by atoms with Gasteiger partial charge in [-0.2, -0.15) is 4.98 Å². The molecule has 0 amide bonds. The fourth-order valence-electron chi connectivity index (χ4n) is 2.41. The third kappa shape index (κ3) is 3.39. The maximum atomic E-state index is 5.42. The molecule has 0 N–H and O–H groups in total. The van der Waals surface area contributed by atoms with Crippen LogP contribution in [0.4, 0.5) is 0 Å². The fourth-order valence-corrected chi connectivity index (χ4v) is 2.41. The van der Waals surface area contributed by atoms with Gasteiger partial charge >= 0.3 is 0 Å². The Hall–Kier alpha value is -3.28. The van der Waals surface area contributed by atoms with Crippen molar-refractivity contribution in [2.24, 2.45) is 0 Å². The van der Waals surface area contributed by atoms with E-state index in [1.165, 1.54) is 5.56 Å². The van der Waals surface area contributed by atoms with Crippen LogP contribution in [-0.4, -0.2) is 20.3 Å². The van der Waals surface area contributed by atoms with E-state index < -0.39 is 0 Å². The molecule has 0 bridgehead atoms. The molecule has 4 aromatic rings. The van der Waals surface area contributed by atoms with E-state index >= 15 is 0 Å². The average Bonchev–Trinajstić information content (AvgIpc) is 3.31. The summed E-state index contributed by atoms with van der Waals surface area (Å²) in [5.74, 6) is 1.28. The van der Waals surface area contributed by atoms with Crippen LogP contribution in [0.1, 0.15) is 25.0 Å². The van der Waals surface area contributed by atoms with E-state index in [9.17, 15) is 0 Å². The van der Waals surface area contributed by atoms with E-state index in [0.29, 0.717) is 23.2 Å². The Morgan fingerprint density at radius 2 is 1.62 bits per heavy atom. The second-order valence-corrected chi connectivity index (χ2v) is 5.49. The molecule has 0 saturated carbocycles. The molecule has 6 heteroatoms. The molecule has 1 aromatic carbocycles. The van der Waals surface area contributed by atoms with E-state index in [-0.39, 0.29) is 0 Å². The van der Waals surface area contributed by atoms with Crippen LogP contribution in [0, 0.1) is 13.8 Å². The van der Waals surface area contributed by atoms with Gasteiger partial charge in [0.2, 0.25) is 11.6 Å². The summed E-state index contributed by atoms with van der Waals surface area (Å²) in [6.07, 6.45) is 1.71. The lowest BCUT2D eigenvalue weighted by Gasteiger charge is -1.95. The first-order valence-corrected chi connectivity index (χ1v) is 8.51. The summed E-state index contributed by atoms with van der Waals surface area (Å²) in [7, 11) is 0. The number of aryl methyl sites for hydroxylation is 1. The van der Waals surface area contributed by atoms with Crippen LogP contribution in [0.2, 0.25) is 0 Å². The SMILES string of the molecule is CC.Cc1ccc(-c2noc(-c3onc(-c4ccccn4)c3C)n2)cc1. The highest BCUT2D eigenvalue weighted by Gasteiger charge is 2.21. The largest absolute Gasteiger partial charge is 0.350 e. The molecule has 0 saturated heterocycles. The third-order valence-electron chi connectivity index (χ3n) is 3.76. The molecular formula is C20H20N4O2. The lowest BCUT2D eigenvalue weighted by Crippen LogP contribution is -1.85. The second kappa shape index (κ2) is 7.74. The van der Waals surface area contributed by atoms with Gasteiger partial charge in [-0.1, -0.05) is 60.1 Å². The molecule has 0 atom stereocenters. The highest BCUT2D eigenvalue weighted by atomic mass is 16.5.